The van der Waals surface area contributed by atoms with Gasteiger partial charge in [-0.3, -0.25) is 44.6 Å². The summed E-state index contributed by atoms with van der Waals surface area (Å²) in [5, 5.41) is 15.4. The van der Waals surface area contributed by atoms with Crippen molar-refractivity contribution >= 4 is 107 Å². The van der Waals surface area contributed by atoms with Gasteiger partial charge in [0.2, 0.25) is 0 Å². The molecule has 4 heterocycles. The number of amides is 1. The Morgan fingerprint density at radius 2 is 1.20 bits per heavy atom. The molecule has 0 aliphatic carbocycles. The summed E-state index contributed by atoms with van der Waals surface area (Å²) in [4.78, 5) is 92.5. The minimum atomic E-state index is -5.72. The van der Waals surface area contributed by atoms with Crippen LogP contribution in [0.4, 0.5) is 31.1 Å². The Kier molecular flexibility index (Phi) is 55.2. The fraction of sp³-hybridized carbons (Fsp3) is 0.581. The molecule has 38 heteroatoms. The van der Waals surface area contributed by atoms with Crippen LogP contribution in [0.5, 0.6) is 0 Å². The molecule has 1 aliphatic heterocycles. The maximum Gasteiger partial charge on any atom is 1.00 e. The first-order chi connectivity index (χ1) is 36.4. The van der Waals surface area contributed by atoms with E-state index in [1.165, 1.54) is 11.8 Å². The third-order valence-electron chi connectivity index (χ3n) is 8.12. The Labute approximate surface area is 531 Å². The Bertz CT molecular complexity index is 2320. The van der Waals surface area contributed by atoms with E-state index in [-0.39, 0.29) is 108 Å². The molecule has 1 aliphatic rings. The average molecular weight is 1300 g/mol. The molecule has 0 unspecified atom stereocenters. The molecule has 1 amide bonds. The van der Waals surface area contributed by atoms with Gasteiger partial charge in [-0.15, -0.1) is 0 Å². The Hall–Kier alpha value is -4.85. The molecule has 3 N–H and O–H groups in total. The van der Waals surface area contributed by atoms with Crippen molar-refractivity contribution in [3.63, 3.8) is 0 Å². The summed E-state index contributed by atoms with van der Waals surface area (Å²) in [6.07, 6.45) is -16.4. The van der Waals surface area contributed by atoms with E-state index in [1.807, 2.05) is 31.7 Å². The van der Waals surface area contributed by atoms with Crippen LogP contribution in [0.3, 0.4) is 0 Å². The Balaban J connectivity index is -0.000000141. The van der Waals surface area contributed by atoms with Gasteiger partial charge >= 0.3 is 112 Å². The van der Waals surface area contributed by atoms with Crippen LogP contribution in [0.2, 0.25) is 0 Å². The summed E-state index contributed by atoms with van der Waals surface area (Å²) in [5.41, 5.74) is 11.3. The zero-order valence-corrected chi connectivity index (χ0v) is 52.0. The van der Waals surface area contributed by atoms with Crippen molar-refractivity contribution in [2.24, 2.45) is 32.1 Å². The molecule has 0 atom stereocenters. The van der Waals surface area contributed by atoms with Crippen LogP contribution in [-0.2, 0) is 84.9 Å². The largest absolute Gasteiger partial charge is 1.00 e. The standard InChI is InChI=1S/C14H18F6N4O2.C8H12N2O2.C7H11NO5.C6H8N2O.C6H8O5.CH6N2.CH4.BI.BH.2B.K/c1-9-7-10(22(2)21-9)8-23-3-5-24(6-4-23)12(25)26-11(13(15,16)17)14(18,19)20;1-4-12-8(11)7-5-6(2)9-10(7)3;1-4-12-7(10)6(8-11-3)13-5(2)9;1-5-3-6(4-9)8(2)7-5;1-3-10-5(8)6(9)11-4(2)7;1-3-2;;1-2;;;;/h7,11H,3-6,8H2,1-2H3;5H,4H2,1-3H3;4H2,1-3H3;3-4H,1-2H3;3H2,1-2H3;3H,2H2,1H3;1H4;;1H;;;/q;;;;;;;;;;-1;+1/b;;8-6+;;;;;;;;;/i;;;;;;;;1D;;;. The summed E-state index contributed by atoms with van der Waals surface area (Å²) in [6.45, 7) is 14.3. The molecule has 447 valence electrons. The maximum absolute atomic E-state index is 12.5. The Morgan fingerprint density at radius 3 is 1.53 bits per heavy atom. The first-order valence-corrected chi connectivity index (χ1v) is 23.0. The predicted molar refractivity (Wildman–Crippen MR) is 289 cm³/mol. The number of nitrogens with one attached hydrogen (secondary N) is 1. The van der Waals surface area contributed by atoms with Crippen molar-refractivity contribution in [3.8, 4) is 0 Å². The predicted octanol–water partition coefficient (Wildman–Crippen LogP) is -0.552. The van der Waals surface area contributed by atoms with Gasteiger partial charge in [-0.1, -0.05) is 7.43 Å². The van der Waals surface area contributed by atoms with E-state index < -0.39 is 60.3 Å². The third kappa shape index (κ3) is 40.9. The molecule has 3 aromatic rings. The van der Waals surface area contributed by atoms with Gasteiger partial charge in [0.1, 0.15) is 18.5 Å². The van der Waals surface area contributed by atoms with Crippen molar-refractivity contribution in [2.45, 2.75) is 87.8 Å². The molecule has 26 nitrogen and oxygen atoms in total. The van der Waals surface area contributed by atoms with Crippen molar-refractivity contribution in [2.75, 3.05) is 60.2 Å². The molecule has 0 saturated carbocycles. The fourth-order valence-electron chi connectivity index (χ4n) is 5.24. The van der Waals surface area contributed by atoms with Crippen molar-refractivity contribution in [1.29, 1.82) is 1.34 Å². The fourth-order valence-corrected chi connectivity index (χ4v) is 5.24. The van der Waals surface area contributed by atoms with E-state index in [1.54, 1.807) is 92.8 Å². The second-order valence-electron chi connectivity index (χ2n) is 14.3. The number of nitrogens with two attached hydrogens (primary N) is 1. The van der Waals surface area contributed by atoms with E-state index in [0.717, 1.165) is 47.8 Å². The summed E-state index contributed by atoms with van der Waals surface area (Å²) < 4.78 is 110. The van der Waals surface area contributed by atoms with E-state index in [2.05, 4.69) is 74.3 Å². The topological polar surface area (TPSA) is 312 Å². The zero-order valence-electron chi connectivity index (χ0n) is 47.7. The Morgan fingerprint density at radius 1 is 0.778 bits per heavy atom. The number of oxime groups is 1. The number of nitrogens with zero attached hydrogens (tertiary/aromatic N) is 9. The number of halogens is 7. The number of rotatable bonds is 9. The number of aldehydes is 1. The summed E-state index contributed by atoms with van der Waals surface area (Å²) in [5.74, 6) is -0.981. The minimum Gasteiger partial charge on any atom is -1.00 e. The number of esters is 6. The maximum atomic E-state index is 12.5. The number of piperazine rings is 1. The number of hydrazine groups is 1. The van der Waals surface area contributed by atoms with Gasteiger partial charge in [0.05, 0.1) is 42.6 Å². The zero-order chi connectivity index (χ0) is 61.5. The van der Waals surface area contributed by atoms with Crippen LogP contribution in [0.25, 0.3) is 0 Å². The number of hydrogen-bond donors (Lipinski definition) is 2. The van der Waals surface area contributed by atoms with Gasteiger partial charge < -0.3 is 46.6 Å². The number of carbonyl (C=O) groups is 8. The van der Waals surface area contributed by atoms with Gasteiger partial charge in [-0.2, -0.15) is 64.0 Å². The minimum absolute atomic E-state index is 0. The van der Waals surface area contributed by atoms with Crippen molar-refractivity contribution in [1.82, 2.24) is 44.6 Å². The smallest absolute Gasteiger partial charge is 1.00 e. The van der Waals surface area contributed by atoms with Crippen LogP contribution in [0.15, 0.2) is 23.4 Å². The molecule has 81 heavy (non-hydrogen) atoms. The van der Waals surface area contributed by atoms with Crippen molar-refractivity contribution < 1.29 is 149 Å². The summed E-state index contributed by atoms with van der Waals surface area (Å²) >= 11 is 1.65. The van der Waals surface area contributed by atoms with E-state index in [9.17, 15) is 64.7 Å². The molecule has 1 saturated heterocycles. The van der Waals surface area contributed by atoms with Gasteiger partial charge in [0.15, 0.2) is 12.0 Å². The normalized spacial score (nSPS) is 11.2. The SMILES string of the molecule is C.CCOC(=O)/C(=N\OC)OC(C)=O.CCOC(=O)C(=O)OC(C)=O.CCOC(=O)c1cc(C)nn1C.CNN.Cc1cc(C=O)n(C)n1.Cc1cc(CN2CCN(C(=O)OC(C(F)(F)F)C(F)(F)F)CC2)n(C)n1.[2H][B].[B-].[B].[B]I.[K+]. The first-order valence-electron chi connectivity index (χ1n) is 22.3. The number of aromatic nitrogens is 6. The van der Waals surface area contributed by atoms with Crippen LogP contribution < -0.4 is 62.7 Å². The molecular formula is C43H68B4F6IKN11O15. The molecular weight excluding hydrogens is 1230 g/mol. The van der Waals surface area contributed by atoms with Gasteiger partial charge in [0.25, 0.3) is 6.10 Å². The number of carbonyl (C=O) groups excluding carboxylic acids is 8. The molecule has 1 fully saturated rings. The second kappa shape index (κ2) is 49.7. The molecule has 3 aromatic heterocycles. The van der Waals surface area contributed by atoms with Crippen LogP contribution in [0, 0.1) is 20.8 Å². The number of ether oxygens (including phenoxy) is 6. The average Bonchev–Trinajstić information content (AvgIpc) is 4.00. The van der Waals surface area contributed by atoms with Crippen LogP contribution in [-0.4, -0.2) is 204 Å². The second-order valence-corrected chi connectivity index (χ2v) is 14.3. The van der Waals surface area contributed by atoms with E-state index >= 15 is 0 Å². The van der Waals surface area contributed by atoms with E-state index in [0.29, 0.717) is 37.6 Å². The van der Waals surface area contributed by atoms with Gasteiger partial charge in [-0.05, 0) is 73.3 Å². The molecule has 11 radical (unpaired) electrons. The van der Waals surface area contributed by atoms with Crippen LogP contribution in [0.1, 0.15) is 85.8 Å². The first kappa shape index (κ1) is 89.9. The molecule has 4 rings (SSSR count). The summed E-state index contributed by atoms with van der Waals surface area (Å²) in [6, 6.07) is 5.32. The van der Waals surface area contributed by atoms with Crippen molar-refractivity contribution in [3.05, 3.63) is 52.4 Å². The quantitative estimate of drug-likeness (QED) is 0.0221. The number of alkyl halides is 6. The molecule has 0 spiro atoms. The molecule has 0 aromatic carbocycles. The summed E-state index contributed by atoms with van der Waals surface area (Å²) in [7, 11) is 11.9. The van der Waals surface area contributed by atoms with Gasteiger partial charge in [0, 0.05) is 84.5 Å². The monoisotopic (exact) mass is 1300 g/mol. The number of hydrogen-bond acceptors (Lipinski definition) is 22. The van der Waals surface area contributed by atoms with E-state index in [4.69, 9.17) is 6.07 Å². The van der Waals surface area contributed by atoms with Gasteiger partial charge in [-0.25, -0.2) is 24.0 Å². The number of aryl methyl sites for hydroxylation is 6. The van der Waals surface area contributed by atoms with Crippen LogP contribution >= 0.6 is 22.4 Å². The third-order valence-corrected chi connectivity index (χ3v) is 8.12. The molecule has 0 bridgehead atoms.